The number of nitrogens with one attached hydrogen (secondary N) is 2. The second-order valence-electron chi connectivity index (χ2n) is 4.67. The molecule has 0 unspecified atom stereocenters. The molecule has 0 fully saturated rings. The van der Waals surface area contributed by atoms with Crippen molar-refractivity contribution in [1.82, 2.24) is 10.3 Å². The number of aromatic nitrogens is 1. The molecule has 2 amide bonds. The number of thiazole rings is 1. The van der Waals surface area contributed by atoms with E-state index in [1.807, 2.05) is 0 Å². The van der Waals surface area contributed by atoms with Crippen molar-refractivity contribution in [3.63, 3.8) is 0 Å². The van der Waals surface area contributed by atoms with Crippen molar-refractivity contribution in [2.75, 3.05) is 11.9 Å². The van der Waals surface area contributed by atoms with Crippen LogP contribution in [0, 0.1) is 0 Å². The van der Waals surface area contributed by atoms with Crippen LogP contribution in [0.5, 0.6) is 0 Å². The second kappa shape index (κ2) is 10.4. The van der Waals surface area contributed by atoms with E-state index >= 15 is 0 Å². The van der Waals surface area contributed by atoms with Crippen LogP contribution in [0.25, 0.3) is 0 Å². The minimum atomic E-state index is -0.650. The Morgan fingerprint density at radius 1 is 1.10 bits per heavy atom. The Morgan fingerprint density at radius 2 is 1.80 bits per heavy atom. The van der Waals surface area contributed by atoms with Crippen LogP contribution in [-0.2, 0) is 9.59 Å². The molecule has 0 radical (unpaired) electrons. The van der Waals surface area contributed by atoms with Crippen molar-refractivity contribution in [3.05, 3.63) is 11.6 Å². The lowest BCUT2D eigenvalue weighted by molar-refractivity contribution is -0.136. The number of amides is 2. The van der Waals surface area contributed by atoms with E-state index in [-0.39, 0.29) is 0 Å². The van der Waals surface area contributed by atoms with E-state index in [0.717, 1.165) is 12.8 Å². The highest BCUT2D eigenvalue weighted by molar-refractivity contribution is 7.13. The van der Waals surface area contributed by atoms with Crippen LogP contribution >= 0.6 is 11.3 Å². The van der Waals surface area contributed by atoms with Crippen molar-refractivity contribution in [2.45, 2.75) is 51.9 Å². The summed E-state index contributed by atoms with van der Waals surface area (Å²) in [6.07, 6.45) is 9.89. The lowest BCUT2D eigenvalue weighted by Crippen LogP contribution is -2.35. The first kappa shape index (κ1) is 16.6. The smallest absolute Gasteiger partial charge is 0.315 e. The fourth-order valence-electron chi connectivity index (χ4n) is 1.80. The Labute approximate surface area is 124 Å². The number of carbonyl (C=O) groups excluding carboxylic acids is 2. The van der Waals surface area contributed by atoms with Crippen LogP contribution < -0.4 is 10.6 Å². The topological polar surface area (TPSA) is 71.1 Å². The summed E-state index contributed by atoms with van der Waals surface area (Å²) < 4.78 is 0. The maximum atomic E-state index is 11.5. The molecule has 5 nitrogen and oxygen atoms in total. The summed E-state index contributed by atoms with van der Waals surface area (Å²) in [5.74, 6) is -1.24. The summed E-state index contributed by atoms with van der Waals surface area (Å²) in [6, 6.07) is 0. The molecular formula is C14H23N3O2S. The van der Waals surface area contributed by atoms with Gasteiger partial charge in [-0.25, -0.2) is 4.98 Å². The van der Waals surface area contributed by atoms with Crippen LogP contribution in [0.2, 0.25) is 0 Å². The number of unbranched alkanes of at least 4 members (excludes halogenated alkanes) is 6. The summed E-state index contributed by atoms with van der Waals surface area (Å²) in [6.45, 7) is 2.75. The molecule has 0 aliphatic rings. The Hall–Kier alpha value is -1.43. The van der Waals surface area contributed by atoms with Gasteiger partial charge >= 0.3 is 11.8 Å². The van der Waals surface area contributed by atoms with Crippen LogP contribution in [0.1, 0.15) is 51.9 Å². The fourth-order valence-corrected chi connectivity index (χ4v) is 2.33. The van der Waals surface area contributed by atoms with Crippen molar-refractivity contribution in [3.8, 4) is 0 Å². The van der Waals surface area contributed by atoms with Gasteiger partial charge in [0.05, 0.1) is 0 Å². The molecule has 20 heavy (non-hydrogen) atoms. The minimum Gasteiger partial charge on any atom is -0.348 e. The van der Waals surface area contributed by atoms with Gasteiger partial charge in [-0.1, -0.05) is 45.4 Å². The first-order valence-electron chi connectivity index (χ1n) is 7.22. The predicted octanol–water partition coefficient (Wildman–Crippen LogP) is 2.95. The number of hydrogen-bond donors (Lipinski definition) is 2. The van der Waals surface area contributed by atoms with E-state index in [2.05, 4.69) is 22.5 Å². The second-order valence-corrected chi connectivity index (χ2v) is 5.56. The molecule has 6 heteroatoms. The molecule has 0 aliphatic heterocycles. The first-order valence-corrected chi connectivity index (χ1v) is 8.10. The normalized spacial score (nSPS) is 10.2. The van der Waals surface area contributed by atoms with Crippen LogP contribution in [-0.4, -0.2) is 23.3 Å². The Bertz CT molecular complexity index is 393. The van der Waals surface area contributed by atoms with Gasteiger partial charge < -0.3 is 5.32 Å². The summed E-state index contributed by atoms with van der Waals surface area (Å²) in [5, 5.41) is 7.26. The summed E-state index contributed by atoms with van der Waals surface area (Å²) in [7, 11) is 0. The van der Waals surface area contributed by atoms with Gasteiger partial charge in [0.1, 0.15) is 0 Å². The highest BCUT2D eigenvalue weighted by atomic mass is 32.1. The quantitative estimate of drug-likeness (QED) is 0.544. The third kappa shape index (κ3) is 7.23. The maximum Gasteiger partial charge on any atom is 0.315 e. The zero-order valence-electron chi connectivity index (χ0n) is 12.0. The largest absolute Gasteiger partial charge is 0.348 e. The number of hydrogen-bond acceptors (Lipinski definition) is 4. The van der Waals surface area contributed by atoms with E-state index in [9.17, 15) is 9.59 Å². The molecule has 0 saturated heterocycles. The SMILES string of the molecule is CCCCCCCCCNC(=O)C(=O)Nc1nccs1. The van der Waals surface area contributed by atoms with Crippen molar-refractivity contribution in [2.24, 2.45) is 0 Å². The molecule has 1 rings (SSSR count). The third-order valence-electron chi connectivity index (χ3n) is 2.92. The van der Waals surface area contributed by atoms with Crippen molar-refractivity contribution < 1.29 is 9.59 Å². The maximum absolute atomic E-state index is 11.5. The number of carbonyl (C=O) groups is 2. The lowest BCUT2D eigenvalue weighted by Gasteiger charge is -2.04. The number of nitrogens with zero attached hydrogens (tertiary/aromatic N) is 1. The van der Waals surface area contributed by atoms with Gasteiger partial charge in [-0.05, 0) is 6.42 Å². The molecule has 112 valence electrons. The van der Waals surface area contributed by atoms with Gasteiger partial charge in [-0.15, -0.1) is 11.3 Å². The number of rotatable bonds is 9. The molecule has 0 saturated carbocycles. The average molecular weight is 297 g/mol. The Morgan fingerprint density at radius 3 is 2.45 bits per heavy atom. The molecule has 0 aliphatic carbocycles. The molecule has 1 heterocycles. The van der Waals surface area contributed by atoms with Gasteiger partial charge in [0.2, 0.25) is 0 Å². The molecule has 1 aromatic heterocycles. The Balaban J connectivity index is 2.01. The van der Waals surface area contributed by atoms with E-state index in [0.29, 0.717) is 11.7 Å². The molecule has 0 aromatic carbocycles. The van der Waals surface area contributed by atoms with E-state index in [1.165, 1.54) is 43.4 Å². The molecule has 1 aromatic rings. The van der Waals surface area contributed by atoms with Gasteiger partial charge in [0, 0.05) is 18.1 Å². The van der Waals surface area contributed by atoms with Crippen molar-refractivity contribution >= 4 is 28.3 Å². The van der Waals surface area contributed by atoms with Crippen LogP contribution in [0.3, 0.4) is 0 Å². The lowest BCUT2D eigenvalue weighted by atomic mass is 10.1. The zero-order chi connectivity index (χ0) is 14.6. The standard InChI is InChI=1S/C14H23N3O2S/c1-2-3-4-5-6-7-8-9-15-12(18)13(19)17-14-16-10-11-20-14/h10-11H,2-9H2,1H3,(H,15,18)(H,16,17,19). The molecule has 0 spiro atoms. The predicted molar refractivity (Wildman–Crippen MR) is 81.7 cm³/mol. The Kier molecular flexibility index (Phi) is 8.62. The van der Waals surface area contributed by atoms with Crippen LogP contribution in [0.15, 0.2) is 11.6 Å². The van der Waals surface area contributed by atoms with E-state index in [4.69, 9.17) is 0 Å². The van der Waals surface area contributed by atoms with Crippen molar-refractivity contribution in [1.29, 1.82) is 0 Å². The number of anilines is 1. The molecule has 0 atom stereocenters. The van der Waals surface area contributed by atoms with E-state index in [1.54, 1.807) is 11.6 Å². The third-order valence-corrected chi connectivity index (χ3v) is 3.61. The summed E-state index contributed by atoms with van der Waals surface area (Å²) in [5.41, 5.74) is 0. The zero-order valence-corrected chi connectivity index (χ0v) is 12.8. The van der Waals surface area contributed by atoms with Gasteiger partial charge in [-0.2, -0.15) is 0 Å². The molecule has 0 bridgehead atoms. The van der Waals surface area contributed by atoms with Gasteiger partial charge in [0.25, 0.3) is 0 Å². The first-order chi connectivity index (χ1) is 9.74. The fraction of sp³-hybridized carbons (Fsp3) is 0.643. The van der Waals surface area contributed by atoms with Gasteiger partial charge in [-0.3, -0.25) is 14.9 Å². The van der Waals surface area contributed by atoms with Crippen LogP contribution in [0.4, 0.5) is 5.13 Å². The summed E-state index contributed by atoms with van der Waals surface area (Å²) >= 11 is 1.29. The highest BCUT2D eigenvalue weighted by Gasteiger charge is 2.13. The summed E-state index contributed by atoms with van der Waals surface area (Å²) in [4.78, 5) is 26.9. The molecule has 2 N–H and O–H groups in total. The highest BCUT2D eigenvalue weighted by Crippen LogP contribution is 2.09. The van der Waals surface area contributed by atoms with E-state index < -0.39 is 11.8 Å². The average Bonchev–Trinajstić information content (AvgIpc) is 2.94. The monoisotopic (exact) mass is 297 g/mol. The van der Waals surface area contributed by atoms with Gasteiger partial charge in [0.15, 0.2) is 5.13 Å². The molecular weight excluding hydrogens is 274 g/mol. The minimum absolute atomic E-state index is 0.445.